The predicted molar refractivity (Wildman–Crippen MR) is 176 cm³/mol. The first-order valence-electron chi connectivity index (χ1n) is 18.5. The number of carbonyl (C=O) groups excluding carboxylic acids is 4. The van der Waals surface area contributed by atoms with Crippen molar-refractivity contribution in [1.82, 2.24) is 0 Å². The van der Waals surface area contributed by atoms with Gasteiger partial charge in [-0.1, -0.05) is 61.8 Å². The standard InChI is InChI=1S/C36H60O13/c1-9-17-30(40)48-31-22(11-3)21(10-2)18-41-34(31)44-25-19-42-35(32(23(25)12-4)46-27(37)14-6)45-26-20-43-36(49-29(39)16-8)33(24(26)13-5)47-28(38)15-7/h21-26,31-36H,9-20H2,1-8H3. The second-order valence-electron chi connectivity index (χ2n) is 13.0. The van der Waals surface area contributed by atoms with Gasteiger partial charge in [-0.05, 0) is 31.6 Å². The van der Waals surface area contributed by atoms with Crippen molar-refractivity contribution in [3.05, 3.63) is 0 Å². The van der Waals surface area contributed by atoms with Gasteiger partial charge >= 0.3 is 23.9 Å². The highest BCUT2D eigenvalue weighted by Crippen LogP contribution is 2.39. The molecule has 3 aliphatic heterocycles. The van der Waals surface area contributed by atoms with Crippen LogP contribution in [0.4, 0.5) is 0 Å². The van der Waals surface area contributed by atoms with Gasteiger partial charge in [-0.2, -0.15) is 0 Å². The van der Waals surface area contributed by atoms with Gasteiger partial charge in [0.25, 0.3) is 0 Å². The van der Waals surface area contributed by atoms with Gasteiger partial charge in [-0.15, -0.1) is 0 Å². The summed E-state index contributed by atoms with van der Waals surface area (Å²) in [5, 5.41) is 0. The third-order valence-corrected chi connectivity index (χ3v) is 9.88. The Labute approximate surface area is 291 Å². The monoisotopic (exact) mass is 700 g/mol. The van der Waals surface area contributed by atoms with E-state index in [9.17, 15) is 19.2 Å². The zero-order valence-electron chi connectivity index (χ0n) is 30.7. The van der Waals surface area contributed by atoms with E-state index >= 15 is 0 Å². The third-order valence-electron chi connectivity index (χ3n) is 9.88. The van der Waals surface area contributed by atoms with E-state index in [1.807, 2.05) is 20.8 Å². The van der Waals surface area contributed by atoms with Crippen LogP contribution in [-0.2, 0) is 61.8 Å². The number of rotatable bonds is 17. The largest absolute Gasteiger partial charge is 0.457 e. The Morgan fingerprint density at radius 1 is 0.490 bits per heavy atom. The lowest BCUT2D eigenvalue weighted by Gasteiger charge is -2.47. The van der Waals surface area contributed by atoms with E-state index in [-0.39, 0.29) is 56.2 Å². The molecule has 0 saturated carbocycles. The van der Waals surface area contributed by atoms with E-state index in [1.165, 1.54) is 0 Å². The number of hydrogen-bond donors (Lipinski definition) is 0. The van der Waals surface area contributed by atoms with Gasteiger partial charge in [0.2, 0.25) is 6.29 Å². The van der Waals surface area contributed by atoms with Gasteiger partial charge in [0.1, 0.15) is 0 Å². The van der Waals surface area contributed by atoms with Gasteiger partial charge in [-0.3, -0.25) is 19.2 Å². The summed E-state index contributed by atoms with van der Waals surface area (Å²) < 4.78 is 54.8. The Morgan fingerprint density at radius 3 is 1.35 bits per heavy atom. The van der Waals surface area contributed by atoms with Crippen molar-refractivity contribution >= 4 is 23.9 Å². The summed E-state index contributed by atoms with van der Waals surface area (Å²) in [6, 6.07) is 0. The lowest BCUT2D eigenvalue weighted by atomic mass is 9.81. The normalized spacial score (nSPS) is 34.9. The molecule has 0 bridgehead atoms. The van der Waals surface area contributed by atoms with Crippen molar-refractivity contribution in [2.24, 2.45) is 23.7 Å². The molecule has 0 N–H and O–H groups in total. The van der Waals surface area contributed by atoms with Crippen LogP contribution in [0.25, 0.3) is 0 Å². The summed E-state index contributed by atoms with van der Waals surface area (Å²) in [7, 11) is 0. The Kier molecular flexibility index (Phi) is 17.2. The minimum absolute atomic E-state index is 0.0308. The van der Waals surface area contributed by atoms with E-state index in [1.54, 1.807) is 20.8 Å². The van der Waals surface area contributed by atoms with Crippen molar-refractivity contribution in [3.63, 3.8) is 0 Å². The molecule has 49 heavy (non-hydrogen) atoms. The maximum absolute atomic E-state index is 12.8. The minimum atomic E-state index is -1.08. The second-order valence-corrected chi connectivity index (χ2v) is 13.0. The van der Waals surface area contributed by atoms with Crippen LogP contribution in [0.15, 0.2) is 0 Å². The van der Waals surface area contributed by atoms with E-state index in [0.717, 1.165) is 12.8 Å². The molecule has 0 aromatic rings. The van der Waals surface area contributed by atoms with Gasteiger partial charge in [0.05, 0.1) is 32.0 Å². The van der Waals surface area contributed by atoms with Gasteiger partial charge in [0.15, 0.2) is 30.9 Å². The molecular formula is C36H60O13. The summed E-state index contributed by atoms with van der Waals surface area (Å²) in [6.45, 7) is 15.7. The average molecular weight is 701 g/mol. The quantitative estimate of drug-likeness (QED) is 0.144. The summed E-state index contributed by atoms with van der Waals surface area (Å²) in [4.78, 5) is 50.1. The van der Waals surface area contributed by atoms with Crippen molar-refractivity contribution in [3.8, 4) is 0 Å². The maximum atomic E-state index is 12.8. The second kappa shape index (κ2) is 20.5. The van der Waals surface area contributed by atoms with E-state index in [2.05, 4.69) is 13.8 Å². The Morgan fingerprint density at radius 2 is 0.898 bits per heavy atom. The third kappa shape index (κ3) is 10.8. The van der Waals surface area contributed by atoms with Crippen molar-refractivity contribution in [1.29, 1.82) is 0 Å². The van der Waals surface area contributed by atoms with Crippen molar-refractivity contribution in [2.45, 2.75) is 163 Å². The molecule has 0 aromatic heterocycles. The molecule has 3 aliphatic rings. The highest BCUT2D eigenvalue weighted by molar-refractivity contribution is 5.70. The lowest BCUT2D eigenvalue weighted by molar-refractivity contribution is -0.336. The number of carbonyl (C=O) groups is 4. The zero-order chi connectivity index (χ0) is 36.1. The molecule has 3 saturated heterocycles. The molecule has 3 fully saturated rings. The summed E-state index contributed by atoms with van der Waals surface area (Å²) in [5.74, 6) is -2.13. The molecule has 0 amide bonds. The molecule has 13 heteroatoms. The summed E-state index contributed by atoms with van der Waals surface area (Å²) in [5.41, 5.74) is 0. The number of hydrogen-bond acceptors (Lipinski definition) is 13. The molecule has 12 unspecified atom stereocenters. The van der Waals surface area contributed by atoms with Crippen LogP contribution in [0.1, 0.15) is 113 Å². The molecule has 0 aromatic carbocycles. The highest BCUT2D eigenvalue weighted by Gasteiger charge is 2.51. The van der Waals surface area contributed by atoms with Gasteiger partial charge in [-0.25, -0.2) is 0 Å². The fraction of sp³-hybridized carbons (Fsp3) is 0.889. The fourth-order valence-electron chi connectivity index (χ4n) is 7.01. The van der Waals surface area contributed by atoms with Crippen LogP contribution in [0.2, 0.25) is 0 Å². The molecule has 0 spiro atoms. The zero-order valence-corrected chi connectivity index (χ0v) is 30.7. The Balaban J connectivity index is 1.85. The van der Waals surface area contributed by atoms with Crippen LogP contribution in [-0.4, -0.2) is 93.1 Å². The molecule has 13 nitrogen and oxygen atoms in total. The first kappa shape index (κ1) is 41.1. The first-order valence-corrected chi connectivity index (χ1v) is 18.5. The fourth-order valence-corrected chi connectivity index (χ4v) is 7.01. The Hall–Kier alpha value is -2.32. The maximum Gasteiger partial charge on any atom is 0.307 e. The van der Waals surface area contributed by atoms with Crippen LogP contribution in [0.3, 0.4) is 0 Å². The van der Waals surface area contributed by atoms with E-state index in [0.29, 0.717) is 32.3 Å². The minimum Gasteiger partial charge on any atom is -0.457 e. The van der Waals surface area contributed by atoms with Crippen molar-refractivity contribution in [2.75, 3.05) is 19.8 Å². The van der Waals surface area contributed by atoms with Crippen LogP contribution in [0, 0.1) is 23.7 Å². The first-order chi connectivity index (χ1) is 23.6. The van der Waals surface area contributed by atoms with Gasteiger partial charge in [0, 0.05) is 43.4 Å². The highest BCUT2D eigenvalue weighted by atomic mass is 16.8. The molecule has 282 valence electrons. The molecule has 0 aliphatic carbocycles. The van der Waals surface area contributed by atoms with Crippen LogP contribution in [0.5, 0.6) is 0 Å². The summed E-state index contributed by atoms with van der Waals surface area (Å²) in [6.07, 6.45) is -2.28. The molecule has 12 atom stereocenters. The van der Waals surface area contributed by atoms with Crippen LogP contribution < -0.4 is 0 Å². The number of esters is 4. The predicted octanol–water partition coefficient (Wildman–Crippen LogP) is 5.24. The average Bonchev–Trinajstić information content (AvgIpc) is 3.10. The van der Waals surface area contributed by atoms with Crippen LogP contribution >= 0.6 is 0 Å². The molecule has 3 rings (SSSR count). The molecular weight excluding hydrogens is 640 g/mol. The smallest absolute Gasteiger partial charge is 0.307 e. The lowest BCUT2D eigenvalue weighted by Crippen LogP contribution is -2.59. The van der Waals surface area contributed by atoms with Gasteiger partial charge < -0.3 is 42.6 Å². The van der Waals surface area contributed by atoms with E-state index in [4.69, 9.17) is 42.6 Å². The number of ether oxygens (including phenoxy) is 9. The molecule has 3 heterocycles. The molecule has 0 radical (unpaired) electrons. The Bertz CT molecular complexity index is 1050. The summed E-state index contributed by atoms with van der Waals surface area (Å²) >= 11 is 0. The SMILES string of the molecule is CCCC(=O)OC1C(OC2COC(OC3COC(OC(=O)CC)C(OC(=O)CC)C3CC)C(OC(=O)CC)C2CC)OCC(CC)C1CC. The topological polar surface area (TPSA) is 151 Å². The van der Waals surface area contributed by atoms with Crippen molar-refractivity contribution < 1.29 is 61.8 Å². The van der Waals surface area contributed by atoms with E-state index < -0.39 is 73.2 Å².